The maximum Gasteiger partial charge on any atom is 0.422 e. The SMILES string of the molecule is CC(C)C(NC(=O)OCC(F)(F)F)C(=O)O. The molecule has 0 aromatic heterocycles. The molecular weight excluding hydrogens is 231 g/mol. The first-order chi connectivity index (χ1) is 7.13. The van der Waals surface area contributed by atoms with Crippen molar-refractivity contribution in [3.05, 3.63) is 0 Å². The van der Waals surface area contributed by atoms with Gasteiger partial charge in [-0.3, -0.25) is 0 Å². The second kappa shape index (κ2) is 5.57. The third kappa shape index (κ3) is 6.10. The minimum Gasteiger partial charge on any atom is -0.480 e. The summed E-state index contributed by atoms with van der Waals surface area (Å²) >= 11 is 0. The Kier molecular flexibility index (Phi) is 5.06. The molecule has 8 heteroatoms. The first-order valence-corrected chi connectivity index (χ1v) is 4.36. The Balaban J connectivity index is 4.17. The molecule has 0 aromatic rings. The lowest BCUT2D eigenvalue weighted by atomic mass is 10.1. The van der Waals surface area contributed by atoms with Crippen molar-refractivity contribution < 1.29 is 32.6 Å². The minimum absolute atomic E-state index is 0.462. The van der Waals surface area contributed by atoms with E-state index in [9.17, 15) is 22.8 Å². The third-order valence-electron chi connectivity index (χ3n) is 1.57. The summed E-state index contributed by atoms with van der Waals surface area (Å²) in [6, 6.07) is -1.28. The fraction of sp³-hybridized carbons (Fsp3) is 0.750. The first kappa shape index (κ1) is 14.5. The topological polar surface area (TPSA) is 75.6 Å². The van der Waals surface area contributed by atoms with Gasteiger partial charge in [0.2, 0.25) is 0 Å². The second-order valence-corrected chi connectivity index (χ2v) is 3.40. The van der Waals surface area contributed by atoms with Crippen LogP contribution in [0.5, 0.6) is 0 Å². The largest absolute Gasteiger partial charge is 0.480 e. The van der Waals surface area contributed by atoms with Gasteiger partial charge in [0, 0.05) is 0 Å². The van der Waals surface area contributed by atoms with Crippen LogP contribution in [0.3, 0.4) is 0 Å². The van der Waals surface area contributed by atoms with E-state index in [1.165, 1.54) is 13.8 Å². The maximum atomic E-state index is 11.6. The Bertz CT molecular complexity index is 264. The quantitative estimate of drug-likeness (QED) is 0.782. The van der Waals surface area contributed by atoms with Crippen molar-refractivity contribution in [2.45, 2.75) is 26.1 Å². The van der Waals surface area contributed by atoms with E-state index < -0.39 is 36.8 Å². The molecule has 0 bridgehead atoms. The number of carbonyl (C=O) groups is 2. The van der Waals surface area contributed by atoms with Gasteiger partial charge in [-0.05, 0) is 5.92 Å². The van der Waals surface area contributed by atoms with E-state index in [2.05, 4.69) is 4.74 Å². The van der Waals surface area contributed by atoms with Crippen LogP contribution in [-0.4, -0.2) is 36.0 Å². The molecule has 0 heterocycles. The number of hydrogen-bond donors (Lipinski definition) is 2. The number of carboxylic acids is 1. The molecule has 0 rings (SSSR count). The molecule has 0 aliphatic rings. The molecule has 1 unspecified atom stereocenters. The van der Waals surface area contributed by atoms with Gasteiger partial charge in [-0.1, -0.05) is 13.8 Å². The van der Waals surface area contributed by atoms with E-state index in [1.807, 2.05) is 5.32 Å². The summed E-state index contributed by atoms with van der Waals surface area (Å²) in [5, 5.41) is 10.5. The molecule has 0 aliphatic heterocycles. The molecule has 94 valence electrons. The van der Waals surface area contributed by atoms with E-state index in [4.69, 9.17) is 5.11 Å². The molecule has 0 saturated heterocycles. The normalized spacial score (nSPS) is 13.4. The predicted molar refractivity (Wildman–Crippen MR) is 46.8 cm³/mol. The smallest absolute Gasteiger partial charge is 0.422 e. The molecule has 2 N–H and O–H groups in total. The van der Waals surface area contributed by atoms with Crippen LogP contribution in [0.25, 0.3) is 0 Å². The monoisotopic (exact) mass is 243 g/mol. The molecule has 0 aromatic carbocycles. The van der Waals surface area contributed by atoms with Crippen molar-refractivity contribution in [1.82, 2.24) is 5.32 Å². The summed E-state index contributed by atoms with van der Waals surface area (Å²) in [6.07, 6.45) is -6.04. The average molecular weight is 243 g/mol. The van der Waals surface area contributed by atoms with Crippen molar-refractivity contribution in [3.8, 4) is 0 Å². The highest BCUT2D eigenvalue weighted by molar-refractivity contribution is 5.80. The van der Waals surface area contributed by atoms with E-state index in [1.54, 1.807) is 0 Å². The summed E-state index contributed by atoms with van der Waals surface area (Å²) in [5.41, 5.74) is 0. The van der Waals surface area contributed by atoms with Crippen LogP contribution in [0.1, 0.15) is 13.8 Å². The molecule has 0 saturated carbocycles. The number of rotatable bonds is 4. The zero-order valence-corrected chi connectivity index (χ0v) is 8.67. The molecule has 16 heavy (non-hydrogen) atoms. The predicted octanol–water partition coefficient (Wildman–Crippen LogP) is 1.38. The van der Waals surface area contributed by atoms with Crippen LogP contribution in [-0.2, 0) is 9.53 Å². The van der Waals surface area contributed by atoms with Crippen molar-refractivity contribution in [2.75, 3.05) is 6.61 Å². The van der Waals surface area contributed by atoms with Crippen LogP contribution in [0.2, 0.25) is 0 Å². The minimum atomic E-state index is -4.63. The second-order valence-electron chi connectivity index (χ2n) is 3.40. The summed E-state index contributed by atoms with van der Waals surface area (Å²) in [5.74, 6) is -1.80. The van der Waals surface area contributed by atoms with E-state index in [0.717, 1.165) is 0 Å². The Morgan fingerprint density at radius 2 is 1.88 bits per heavy atom. The van der Waals surface area contributed by atoms with Gasteiger partial charge in [-0.25, -0.2) is 9.59 Å². The highest BCUT2D eigenvalue weighted by Crippen LogP contribution is 2.14. The highest BCUT2D eigenvalue weighted by Gasteiger charge is 2.31. The Morgan fingerprint density at radius 1 is 1.38 bits per heavy atom. The summed E-state index contributed by atoms with van der Waals surface area (Å²) in [4.78, 5) is 21.4. The standard InChI is InChI=1S/C8H12F3NO4/c1-4(2)5(6(13)14)12-7(15)16-3-8(9,10)11/h4-5H,3H2,1-2H3,(H,12,15)(H,13,14). The molecule has 1 atom stereocenters. The summed E-state index contributed by atoms with van der Waals surface area (Å²) in [7, 11) is 0. The van der Waals surface area contributed by atoms with Gasteiger partial charge in [0.1, 0.15) is 6.04 Å². The number of carboxylic acid groups (broad SMARTS) is 1. The molecule has 0 radical (unpaired) electrons. The van der Waals surface area contributed by atoms with Crippen molar-refractivity contribution in [2.24, 2.45) is 5.92 Å². The van der Waals surface area contributed by atoms with Crippen LogP contribution >= 0.6 is 0 Å². The highest BCUT2D eigenvalue weighted by atomic mass is 19.4. The summed E-state index contributed by atoms with van der Waals surface area (Å²) < 4.78 is 38.7. The number of halogens is 3. The fourth-order valence-electron chi connectivity index (χ4n) is 0.830. The van der Waals surface area contributed by atoms with Gasteiger partial charge in [0.05, 0.1) is 0 Å². The average Bonchev–Trinajstić information content (AvgIpc) is 2.08. The lowest BCUT2D eigenvalue weighted by molar-refractivity contribution is -0.160. The van der Waals surface area contributed by atoms with Crippen LogP contribution in [0.15, 0.2) is 0 Å². The molecule has 5 nitrogen and oxygen atoms in total. The van der Waals surface area contributed by atoms with Gasteiger partial charge < -0.3 is 15.2 Å². The number of aliphatic carboxylic acids is 1. The number of carbonyl (C=O) groups excluding carboxylic acids is 1. The number of nitrogens with one attached hydrogen (secondary N) is 1. The van der Waals surface area contributed by atoms with Crippen LogP contribution in [0, 0.1) is 5.92 Å². The van der Waals surface area contributed by atoms with E-state index in [0.29, 0.717) is 0 Å². The van der Waals surface area contributed by atoms with Gasteiger partial charge in [-0.2, -0.15) is 13.2 Å². The molecule has 0 spiro atoms. The molecular formula is C8H12F3NO4. The number of hydrogen-bond acceptors (Lipinski definition) is 3. The Morgan fingerprint density at radius 3 is 2.19 bits per heavy atom. The number of ether oxygens (including phenoxy) is 1. The van der Waals surface area contributed by atoms with Gasteiger partial charge in [0.25, 0.3) is 0 Å². The van der Waals surface area contributed by atoms with Gasteiger partial charge in [-0.15, -0.1) is 0 Å². The van der Waals surface area contributed by atoms with Crippen LogP contribution < -0.4 is 5.32 Å². The van der Waals surface area contributed by atoms with Crippen LogP contribution in [0.4, 0.5) is 18.0 Å². The first-order valence-electron chi connectivity index (χ1n) is 4.36. The number of amides is 1. The van der Waals surface area contributed by atoms with Crippen molar-refractivity contribution >= 4 is 12.1 Å². The molecule has 0 fully saturated rings. The third-order valence-corrected chi connectivity index (χ3v) is 1.57. The van der Waals surface area contributed by atoms with Gasteiger partial charge in [0.15, 0.2) is 6.61 Å². The Hall–Kier alpha value is -1.47. The molecule has 0 aliphatic carbocycles. The lowest BCUT2D eigenvalue weighted by Gasteiger charge is -2.17. The molecule has 1 amide bonds. The number of alkyl halides is 3. The van der Waals surface area contributed by atoms with E-state index >= 15 is 0 Å². The number of alkyl carbamates (subject to hydrolysis) is 1. The zero-order valence-electron chi connectivity index (χ0n) is 8.67. The fourth-order valence-corrected chi connectivity index (χ4v) is 0.830. The Labute approximate surface area is 89.6 Å². The maximum absolute atomic E-state index is 11.6. The van der Waals surface area contributed by atoms with E-state index in [-0.39, 0.29) is 0 Å². The van der Waals surface area contributed by atoms with Crippen molar-refractivity contribution in [1.29, 1.82) is 0 Å². The van der Waals surface area contributed by atoms with Gasteiger partial charge >= 0.3 is 18.2 Å². The summed E-state index contributed by atoms with van der Waals surface area (Å²) in [6.45, 7) is 1.26. The van der Waals surface area contributed by atoms with Crippen molar-refractivity contribution in [3.63, 3.8) is 0 Å². The zero-order chi connectivity index (χ0) is 12.9. The lowest BCUT2D eigenvalue weighted by Crippen LogP contribution is -2.45.